The van der Waals surface area contributed by atoms with E-state index in [1.807, 2.05) is 0 Å². The molecule has 9 aromatic carbocycles. The molecule has 0 aliphatic heterocycles. The zero-order valence-electron chi connectivity index (χ0n) is 29.7. The fourth-order valence-electron chi connectivity index (χ4n) is 8.14. The number of aromatic nitrogens is 1. The van der Waals surface area contributed by atoms with Crippen LogP contribution in [0.3, 0.4) is 0 Å². The smallest absolute Gasteiger partial charge is 0.0562 e. The normalized spacial score (nSPS) is 11.3. The lowest BCUT2D eigenvalue weighted by Crippen LogP contribution is -2.12. The number of hydrogen-bond acceptors (Lipinski definition) is 1. The van der Waals surface area contributed by atoms with Gasteiger partial charge in [0, 0.05) is 27.7 Å². The third kappa shape index (κ3) is 5.44. The SMILES string of the molecule is c1ccc(-c2cc(-c3ccccc3)cc(N(c3ccccc3-c3cccc4ccccc34)c3cccc4c3c3ccccc3n4-c3ccccc3)c2)cc1. The van der Waals surface area contributed by atoms with Crippen LogP contribution in [0.1, 0.15) is 0 Å². The molecule has 0 radical (unpaired) electrons. The average Bonchev–Trinajstić information content (AvgIpc) is 3.60. The lowest BCUT2D eigenvalue weighted by atomic mass is 9.94. The molecule has 0 saturated carbocycles. The summed E-state index contributed by atoms with van der Waals surface area (Å²) in [5, 5.41) is 4.87. The maximum atomic E-state index is 2.50. The molecular formula is C52H36N2. The van der Waals surface area contributed by atoms with E-state index in [2.05, 4.69) is 228 Å². The summed E-state index contributed by atoms with van der Waals surface area (Å²) in [6.45, 7) is 0. The Labute approximate surface area is 315 Å². The van der Waals surface area contributed by atoms with E-state index in [1.165, 1.54) is 60.4 Å². The first-order valence-electron chi connectivity index (χ1n) is 18.5. The molecule has 54 heavy (non-hydrogen) atoms. The lowest BCUT2D eigenvalue weighted by Gasteiger charge is -2.30. The number of anilines is 3. The maximum absolute atomic E-state index is 2.50. The minimum atomic E-state index is 1.09. The molecule has 10 rings (SSSR count). The van der Waals surface area contributed by atoms with Gasteiger partial charge in [-0.2, -0.15) is 0 Å². The highest BCUT2D eigenvalue weighted by Crippen LogP contribution is 2.48. The van der Waals surface area contributed by atoms with Crippen molar-refractivity contribution in [2.45, 2.75) is 0 Å². The van der Waals surface area contributed by atoms with Crippen LogP contribution in [0.4, 0.5) is 17.1 Å². The molecule has 10 aromatic rings. The Morgan fingerprint density at radius 2 is 0.852 bits per heavy atom. The summed E-state index contributed by atoms with van der Waals surface area (Å²) in [5.41, 5.74) is 13.9. The van der Waals surface area contributed by atoms with Crippen molar-refractivity contribution < 1.29 is 0 Å². The van der Waals surface area contributed by atoms with Gasteiger partial charge in [-0.25, -0.2) is 0 Å². The van der Waals surface area contributed by atoms with Gasteiger partial charge < -0.3 is 9.47 Å². The number of nitrogens with zero attached hydrogens (tertiary/aromatic N) is 2. The van der Waals surface area contributed by atoms with Crippen molar-refractivity contribution in [2.24, 2.45) is 0 Å². The second-order valence-corrected chi connectivity index (χ2v) is 13.7. The van der Waals surface area contributed by atoms with Crippen molar-refractivity contribution >= 4 is 49.6 Å². The second-order valence-electron chi connectivity index (χ2n) is 13.7. The summed E-state index contributed by atoms with van der Waals surface area (Å²) in [6.07, 6.45) is 0. The molecule has 0 fully saturated rings. The van der Waals surface area contributed by atoms with Gasteiger partial charge in [0.2, 0.25) is 0 Å². The molecule has 0 N–H and O–H groups in total. The summed E-state index contributed by atoms with van der Waals surface area (Å²) >= 11 is 0. The summed E-state index contributed by atoms with van der Waals surface area (Å²) in [6, 6.07) is 79.0. The van der Waals surface area contributed by atoms with E-state index in [0.29, 0.717) is 0 Å². The van der Waals surface area contributed by atoms with Crippen LogP contribution in [0.5, 0.6) is 0 Å². The largest absolute Gasteiger partial charge is 0.309 e. The van der Waals surface area contributed by atoms with Crippen molar-refractivity contribution in [3.05, 3.63) is 218 Å². The first-order valence-corrected chi connectivity index (χ1v) is 18.5. The zero-order chi connectivity index (χ0) is 35.8. The van der Waals surface area contributed by atoms with Gasteiger partial charge in [0.15, 0.2) is 0 Å². The highest BCUT2D eigenvalue weighted by Gasteiger charge is 2.24. The number of hydrogen-bond donors (Lipinski definition) is 0. The fraction of sp³-hybridized carbons (Fsp3) is 0. The van der Waals surface area contributed by atoms with Crippen LogP contribution < -0.4 is 4.90 Å². The first-order chi connectivity index (χ1) is 26.8. The Morgan fingerprint density at radius 1 is 0.333 bits per heavy atom. The average molecular weight is 689 g/mol. The van der Waals surface area contributed by atoms with Gasteiger partial charge >= 0.3 is 0 Å². The van der Waals surface area contributed by atoms with Gasteiger partial charge in [-0.15, -0.1) is 0 Å². The molecule has 0 aliphatic carbocycles. The fourth-order valence-corrected chi connectivity index (χ4v) is 8.14. The molecule has 0 atom stereocenters. The van der Waals surface area contributed by atoms with Gasteiger partial charge in [-0.3, -0.25) is 0 Å². The quantitative estimate of drug-likeness (QED) is 0.162. The van der Waals surface area contributed by atoms with Gasteiger partial charge in [0.25, 0.3) is 0 Å². The molecule has 2 heteroatoms. The van der Waals surface area contributed by atoms with Crippen molar-refractivity contribution in [3.63, 3.8) is 0 Å². The number of benzene rings is 9. The topological polar surface area (TPSA) is 8.17 Å². The van der Waals surface area contributed by atoms with Crippen LogP contribution in [0.15, 0.2) is 218 Å². The molecule has 1 aromatic heterocycles. The van der Waals surface area contributed by atoms with Crippen LogP contribution in [0, 0.1) is 0 Å². The Morgan fingerprint density at radius 3 is 1.59 bits per heavy atom. The van der Waals surface area contributed by atoms with E-state index in [1.54, 1.807) is 0 Å². The molecule has 0 aliphatic rings. The number of rotatable bonds is 7. The Hall–Kier alpha value is -7.16. The van der Waals surface area contributed by atoms with Gasteiger partial charge in [-0.05, 0) is 93.2 Å². The third-order valence-electron chi connectivity index (χ3n) is 10.5. The van der Waals surface area contributed by atoms with Crippen molar-refractivity contribution in [1.29, 1.82) is 0 Å². The maximum Gasteiger partial charge on any atom is 0.0562 e. The van der Waals surface area contributed by atoms with E-state index in [-0.39, 0.29) is 0 Å². The Balaban J connectivity index is 1.33. The molecule has 2 nitrogen and oxygen atoms in total. The van der Waals surface area contributed by atoms with Gasteiger partial charge in [0.1, 0.15) is 0 Å². The predicted molar refractivity (Wildman–Crippen MR) is 229 cm³/mol. The van der Waals surface area contributed by atoms with Crippen LogP contribution in [-0.4, -0.2) is 4.57 Å². The van der Waals surface area contributed by atoms with Crippen LogP contribution in [0.2, 0.25) is 0 Å². The summed E-state index contributed by atoms with van der Waals surface area (Å²) in [5.74, 6) is 0. The van der Waals surface area contributed by atoms with Crippen LogP contribution in [-0.2, 0) is 0 Å². The molecule has 0 bridgehead atoms. The molecule has 0 amide bonds. The summed E-state index contributed by atoms with van der Waals surface area (Å²) in [4.78, 5) is 2.50. The number of para-hydroxylation sites is 3. The highest BCUT2D eigenvalue weighted by molar-refractivity contribution is 6.17. The molecule has 0 spiro atoms. The zero-order valence-corrected chi connectivity index (χ0v) is 29.7. The third-order valence-corrected chi connectivity index (χ3v) is 10.5. The van der Waals surface area contributed by atoms with Crippen LogP contribution in [0.25, 0.3) is 71.6 Å². The van der Waals surface area contributed by atoms with E-state index < -0.39 is 0 Å². The van der Waals surface area contributed by atoms with Crippen molar-refractivity contribution in [1.82, 2.24) is 4.57 Å². The molecule has 0 unspecified atom stereocenters. The minimum Gasteiger partial charge on any atom is -0.309 e. The van der Waals surface area contributed by atoms with E-state index >= 15 is 0 Å². The van der Waals surface area contributed by atoms with E-state index in [0.717, 1.165) is 28.3 Å². The highest BCUT2D eigenvalue weighted by atomic mass is 15.2. The van der Waals surface area contributed by atoms with Gasteiger partial charge in [-0.1, -0.05) is 164 Å². The monoisotopic (exact) mass is 688 g/mol. The van der Waals surface area contributed by atoms with E-state index in [4.69, 9.17) is 0 Å². The van der Waals surface area contributed by atoms with E-state index in [9.17, 15) is 0 Å². The lowest BCUT2D eigenvalue weighted by molar-refractivity contribution is 1.18. The first kappa shape index (κ1) is 31.6. The van der Waals surface area contributed by atoms with Crippen molar-refractivity contribution in [2.75, 3.05) is 4.90 Å². The predicted octanol–water partition coefficient (Wildman–Crippen LogP) is 14.4. The summed E-state index contributed by atoms with van der Waals surface area (Å²) < 4.78 is 2.40. The number of fused-ring (bicyclic) bond motifs is 4. The molecule has 0 saturated heterocycles. The second kappa shape index (κ2) is 13.4. The Bertz CT molecular complexity index is 2860. The molecule has 254 valence electrons. The van der Waals surface area contributed by atoms with Crippen LogP contribution >= 0.6 is 0 Å². The molecular weight excluding hydrogens is 653 g/mol. The minimum absolute atomic E-state index is 1.09. The molecule has 1 heterocycles. The van der Waals surface area contributed by atoms with Gasteiger partial charge in [0.05, 0.1) is 22.4 Å². The standard InChI is InChI=1S/C52H36N2/c1-4-18-37(19-5-1)40-34-41(38-20-6-2-7-21-38)36-43(35-40)54(48-30-14-12-27-46(48)45-29-16-23-39-22-10-11-26-44(39)45)51-33-17-32-50-52(51)47-28-13-15-31-49(47)53(50)42-24-8-3-9-25-42/h1-36H. The Kier molecular flexibility index (Phi) is 7.85. The summed E-state index contributed by atoms with van der Waals surface area (Å²) in [7, 11) is 0. The van der Waals surface area contributed by atoms with Crippen molar-refractivity contribution in [3.8, 4) is 39.1 Å².